The van der Waals surface area contributed by atoms with Gasteiger partial charge in [-0.1, -0.05) is 18.2 Å². The highest BCUT2D eigenvalue weighted by atomic mass is 19.1. The molecule has 1 aromatic rings. The summed E-state index contributed by atoms with van der Waals surface area (Å²) in [5.41, 5.74) is 0.559. The van der Waals surface area contributed by atoms with E-state index in [9.17, 15) is 14.0 Å². The van der Waals surface area contributed by atoms with Gasteiger partial charge in [-0.05, 0) is 31.4 Å². The van der Waals surface area contributed by atoms with Gasteiger partial charge in [0.2, 0.25) is 5.91 Å². The van der Waals surface area contributed by atoms with Crippen molar-refractivity contribution in [2.24, 2.45) is 0 Å². The molecule has 6 heteroatoms. The Kier molecular flexibility index (Phi) is 6.38. The van der Waals surface area contributed by atoms with Gasteiger partial charge in [-0.3, -0.25) is 4.79 Å². The van der Waals surface area contributed by atoms with E-state index in [0.29, 0.717) is 44.8 Å². The number of amides is 2. The van der Waals surface area contributed by atoms with Crippen molar-refractivity contribution in [3.8, 4) is 0 Å². The lowest BCUT2D eigenvalue weighted by Crippen LogP contribution is -2.37. The molecule has 23 heavy (non-hydrogen) atoms. The first-order valence-corrected chi connectivity index (χ1v) is 8.04. The van der Waals surface area contributed by atoms with Gasteiger partial charge in [-0.15, -0.1) is 0 Å². The average Bonchev–Trinajstić information content (AvgIpc) is 2.80. The van der Waals surface area contributed by atoms with Crippen LogP contribution in [0.2, 0.25) is 0 Å². The first-order chi connectivity index (χ1) is 11.1. The van der Waals surface area contributed by atoms with Crippen molar-refractivity contribution in [3.63, 3.8) is 0 Å². The minimum Gasteiger partial charge on any atom is -0.450 e. The summed E-state index contributed by atoms with van der Waals surface area (Å²) in [7, 11) is 0. The topological polar surface area (TPSA) is 49.9 Å². The van der Waals surface area contributed by atoms with Gasteiger partial charge in [-0.25, -0.2) is 9.18 Å². The van der Waals surface area contributed by atoms with E-state index in [4.69, 9.17) is 4.74 Å². The van der Waals surface area contributed by atoms with Crippen LogP contribution in [0.25, 0.3) is 0 Å². The molecule has 5 nitrogen and oxygen atoms in total. The summed E-state index contributed by atoms with van der Waals surface area (Å²) in [6.45, 7) is 4.30. The molecular weight excluding hydrogens is 299 g/mol. The molecule has 0 bridgehead atoms. The molecule has 126 valence electrons. The predicted octanol–water partition coefficient (Wildman–Crippen LogP) is 2.45. The normalized spacial score (nSPS) is 15.2. The van der Waals surface area contributed by atoms with Crippen molar-refractivity contribution in [2.45, 2.75) is 26.2 Å². The molecule has 0 atom stereocenters. The van der Waals surface area contributed by atoms with Gasteiger partial charge in [0, 0.05) is 32.6 Å². The van der Waals surface area contributed by atoms with E-state index in [1.807, 2.05) is 0 Å². The third-order valence-corrected chi connectivity index (χ3v) is 3.94. The summed E-state index contributed by atoms with van der Waals surface area (Å²) in [5, 5.41) is 0. The van der Waals surface area contributed by atoms with E-state index in [0.717, 1.165) is 6.42 Å². The molecule has 1 saturated heterocycles. The lowest BCUT2D eigenvalue weighted by atomic mass is 10.1. The van der Waals surface area contributed by atoms with Gasteiger partial charge in [-0.2, -0.15) is 0 Å². The summed E-state index contributed by atoms with van der Waals surface area (Å²) < 4.78 is 18.6. The zero-order valence-corrected chi connectivity index (χ0v) is 13.5. The Labute approximate surface area is 136 Å². The number of carbonyl (C=O) groups is 2. The average molecular weight is 322 g/mol. The van der Waals surface area contributed by atoms with Crippen LogP contribution in [0, 0.1) is 5.82 Å². The molecule has 1 aromatic carbocycles. The third kappa shape index (κ3) is 4.94. The van der Waals surface area contributed by atoms with Crippen LogP contribution in [0.1, 0.15) is 25.3 Å². The summed E-state index contributed by atoms with van der Waals surface area (Å²) in [5.74, 6) is -0.274. The number of aryl methyl sites for hydroxylation is 1. The summed E-state index contributed by atoms with van der Waals surface area (Å²) in [6, 6.07) is 6.52. The molecule has 2 rings (SSSR count). The van der Waals surface area contributed by atoms with E-state index in [-0.39, 0.29) is 24.2 Å². The Balaban J connectivity index is 1.83. The monoisotopic (exact) mass is 322 g/mol. The minimum absolute atomic E-state index is 0.000961. The van der Waals surface area contributed by atoms with E-state index >= 15 is 0 Å². The molecule has 2 amide bonds. The molecule has 0 unspecified atom stereocenters. The van der Waals surface area contributed by atoms with E-state index in [1.54, 1.807) is 34.9 Å². The standard InChI is InChI=1S/C17H23FN2O3/c1-2-23-17(22)20-11-5-10-19(12-13-20)16(21)9-8-14-6-3-4-7-15(14)18/h3-4,6-7H,2,5,8-13H2,1H3. The summed E-state index contributed by atoms with van der Waals surface area (Å²) in [4.78, 5) is 27.4. The Morgan fingerprint density at radius 2 is 1.83 bits per heavy atom. The maximum atomic E-state index is 13.6. The van der Waals surface area contributed by atoms with Crippen molar-refractivity contribution in [2.75, 3.05) is 32.8 Å². The fourth-order valence-electron chi connectivity index (χ4n) is 2.67. The molecular formula is C17H23FN2O3. The van der Waals surface area contributed by atoms with E-state index in [1.165, 1.54) is 6.07 Å². The fraction of sp³-hybridized carbons (Fsp3) is 0.529. The zero-order valence-electron chi connectivity index (χ0n) is 13.5. The highest BCUT2D eigenvalue weighted by molar-refractivity contribution is 5.76. The minimum atomic E-state index is -0.326. The quantitative estimate of drug-likeness (QED) is 0.855. The van der Waals surface area contributed by atoms with Crippen LogP contribution in [-0.4, -0.2) is 54.6 Å². The Morgan fingerprint density at radius 1 is 1.13 bits per heavy atom. The van der Waals surface area contributed by atoms with Crippen molar-refractivity contribution in [1.82, 2.24) is 9.80 Å². The van der Waals surface area contributed by atoms with Crippen LogP contribution in [0.5, 0.6) is 0 Å². The van der Waals surface area contributed by atoms with Gasteiger partial charge in [0.05, 0.1) is 6.61 Å². The van der Waals surface area contributed by atoms with Crippen LogP contribution in [0.3, 0.4) is 0 Å². The fourth-order valence-corrected chi connectivity index (χ4v) is 2.67. The largest absolute Gasteiger partial charge is 0.450 e. The first-order valence-electron chi connectivity index (χ1n) is 8.04. The summed E-state index contributed by atoms with van der Waals surface area (Å²) >= 11 is 0. The molecule has 0 radical (unpaired) electrons. The lowest BCUT2D eigenvalue weighted by molar-refractivity contribution is -0.131. The number of carbonyl (C=O) groups excluding carboxylic acids is 2. The number of rotatable bonds is 4. The molecule has 1 aliphatic heterocycles. The smallest absolute Gasteiger partial charge is 0.409 e. The van der Waals surface area contributed by atoms with Gasteiger partial charge >= 0.3 is 6.09 Å². The molecule has 1 aliphatic rings. The van der Waals surface area contributed by atoms with Gasteiger partial charge in [0.25, 0.3) is 0 Å². The molecule has 0 aliphatic carbocycles. The van der Waals surface area contributed by atoms with E-state index in [2.05, 4.69) is 0 Å². The highest BCUT2D eigenvalue weighted by Crippen LogP contribution is 2.12. The number of hydrogen-bond donors (Lipinski definition) is 0. The molecule has 0 N–H and O–H groups in total. The Hall–Kier alpha value is -2.11. The van der Waals surface area contributed by atoms with Gasteiger partial charge < -0.3 is 14.5 Å². The lowest BCUT2D eigenvalue weighted by Gasteiger charge is -2.21. The molecule has 1 fully saturated rings. The van der Waals surface area contributed by atoms with Crippen molar-refractivity contribution in [1.29, 1.82) is 0 Å². The zero-order chi connectivity index (χ0) is 16.7. The van der Waals surface area contributed by atoms with Gasteiger partial charge in [0.15, 0.2) is 0 Å². The second-order valence-corrected chi connectivity index (χ2v) is 5.51. The van der Waals surface area contributed by atoms with Crippen molar-refractivity contribution >= 4 is 12.0 Å². The van der Waals surface area contributed by atoms with Crippen LogP contribution in [0.15, 0.2) is 24.3 Å². The Bertz CT molecular complexity index is 550. The first kappa shape index (κ1) is 17.2. The predicted molar refractivity (Wildman–Crippen MR) is 84.5 cm³/mol. The maximum Gasteiger partial charge on any atom is 0.409 e. The second kappa shape index (κ2) is 8.50. The molecule has 1 heterocycles. The number of nitrogens with zero attached hydrogens (tertiary/aromatic N) is 2. The third-order valence-electron chi connectivity index (χ3n) is 3.94. The number of hydrogen-bond acceptors (Lipinski definition) is 3. The number of benzene rings is 1. The highest BCUT2D eigenvalue weighted by Gasteiger charge is 2.22. The molecule has 0 aromatic heterocycles. The Morgan fingerprint density at radius 3 is 2.57 bits per heavy atom. The number of halogens is 1. The van der Waals surface area contributed by atoms with E-state index < -0.39 is 0 Å². The maximum absolute atomic E-state index is 13.6. The SMILES string of the molecule is CCOC(=O)N1CCCN(C(=O)CCc2ccccc2F)CC1. The van der Waals surface area contributed by atoms with Crippen LogP contribution < -0.4 is 0 Å². The second-order valence-electron chi connectivity index (χ2n) is 5.51. The van der Waals surface area contributed by atoms with Crippen LogP contribution in [-0.2, 0) is 16.0 Å². The molecule has 0 saturated carbocycles. The van der Waals surface area contributed by atoms with Crippen LogP contribution >= 0.6 is 0 Å². The van der Waals surface area contributed by atoms with Crippen molar-refractivity contribution < 1.29 is 18.7 Å². The van der Waals surface area contributed by atoms with Crippen molar-refractivity contribution in [3.05, 3.63) is 35.6 Å². The molecule has 0 spiro atoms. The summed E-state index contributed by atoms with van der Waals surface area (Å²) in [6.07, 6.45) is 1.07. The van der Waals surface area contributed by atoms with Gasteiger partial charge in [0.1, 0.15) is 5.82 Å². The number of ether oxygens (including phenoxy) is 1. The van der Waals surface area contributed by atoms with Crippen LogP contribution in [0.4, 0.5) is 9.18 Å².